The number of unbranched alkanes of at least 4 members (excludes halogenated alkanes) is 6. The molecule has 0 spiro atoms. The van der Waals surface area contributed by atoms with Crippen LogP contribution in [0.4, 0.5) is 0 Å². The van der Waals surface area contributed by atoms with E-state index >= 15 is 0 Å². The van der Waals surface area contributed by atoms with Crippen molar-refractivity contribution in [1.29, 1.82) is 0 Å². The van der Waals surface area contributed by atoms with Crippen molar-refractivity contribution in [1.82, 2.24) is 0 Å². The average molecular weight is 337 g/mol. The van der Waals surface area contributed by atoms with Gasteiger partial charge in [0, 0.05) is 12.8 Å². The summed E-state index contributed by atoms with van der Waals surface area (Å²) in [5.74, 6) is 1.74. The third-order valence-corrected chi connectivity index (χ3v) is 4.92. The molecule has 0 saturated carbocycles. The zero-order chi connectivity index (χ0) is 18.2. The Hall–Kier alpha value is -0.590. The first-order valence-corrected chi connectivity index (χ1v) is 10.7. The highest BCUT2D eigenvalue weighted by Crippen LogP contribution is 2.25. The van der Waals surface area contributed by atoms with E-state index in [1.165, 1.54) is 63.4 Å². The van der Waals surface area contributed by atoms with E-state index in [0.29, 0.717) is 17.6 Å². The maximum absolute atomic E-state index is 12.3. The normalized spacial score (nSPS) is 12.5. The molecule has 0 aliphatic heterocycles. The first kappa shape index (κ1) is 23.4. The van der Waals surface area contributed by atoms with Crippen molar-refractivity contribution in [2.75, 3.05) is 0 Å². The summed E-state index contributed by atoms with van der Waals surface area (Å²) in [6.45, 7) is 13.3. The monoisotopic (exact) mass is 336 g/mol. The molecule has 0 heterocycles. The Morgan fingerprint density at radius 1 is 0.833 bits per heavy atom. The average Bonchev–Trinajstić information content (AvgIpc) is 2.52. The highest BCUT2D eigenvalue weighted by atomic mass is 16.1. The van der Waals surface area contributed by atoms with Gasteiger partial charge < -0.3 is 0 Å². The van der Waals surface area contributed by atoms with Crippen molar-refractivity contribution in [3.05, 3.63) is 12.2 Å². The molecule has 0 aliphatic carbocycles. The van der Waals surface area contributed by atoms with Crippen LogP contribution in [0.5, 0.6) is 0 Å². The highest BCUT2D eigenvalue weighted by Gasteiger charge is 2.15. The smallest absolute Gasteiger partial charge is 0.133 e. The van der Waals surface area contributed by atoms with Crippen LogP contribution in [0.25, 0.3) is 0 Å². The Kier molecular flexibility index (Phi) is 15.5. The molecule has 1 nitrogen and oxygen atoms in total. The van der Waals surface area contributed by atoms with Gasteiger partial charge in [0.2, 0.25) is 0 Å². The van der Waals surface area contributed by atoms with Gasteiger partial charge >= 0.3 is 0 Å². The van der Waals surface area contributed by atoms with Crippen LogP contribution in [-0.2, 0) is 4.79 Å². The second-order valence-corrected chi connectivity index (χ2v) is 8.15. The van der Waals surface area contributed by atoms with Crippen molar-refractivity contribution >= 4 is 5.78 Å². The molecular formula is C23H44O. The Bertz CT molecular complexity index is 316. The summed E-state index contributed by atoms with van der Waals surface area (Å²) in [6.07, 6.45) is 16.3. The molecule has 0 N–H and O–H groups in total. The zero-order valence-corrected chi connectivity index (χ0v) is 17.2. The lowest BCUT2D eigenvalue weighted by Gasteiger charge is -2.19. The van der Waals surface area contributed by atoms with Crippen LogP contribution in [0.3, 0.4) is 0 Å². The molecular weight excluding hydrogens is 292 g/mol. The Labute approximate surface area is 152 Å². The summed E-state index contributed by atoms with van der Waals surface area (Å²) in [6, 6.07) is 0. The molecule has 0 bridgehead atoms. The summed E-state index contributed by atoms with van der Waals surface area (Å²) < 4.78 is 0. The number of hydrogen-bond acceptors (Lipinski definition) is 1. The van der Waals surface area contributed by atoms with Crippen molar-refractivity contribution < 1.29 is 4.79 Å². The van der Waals surface area contributed by atoms with Crippen LogP contribution >= 0.6 is 0 Å². The van der Waals surface area contributed by atoms with E-state index in [0.717, 1.165) is 32.1 Å². The predicted octanol–water partition coefficient (Wildman–Crippen LogP) is 7.89. The van der Waals surface area contributed by atoms with Crippen molar-refractivity contribution in [3.63, 3.8) is 0 Å². The fourth-order valence-electron chi connectivity index (χ4n) is 3.48. The molecule has 0 saturated heterocycles. The highest BCUT2D eigenvalue weighted by molar-refractivity contribution is 5.78. The minimum absolute atomic E-state index is 0.494. The molecule has 24 heavy (non-hydrogen) atoms. The van der Waals surface area contributed by atoms with Crippen molar-refractivity contribution in [3.8, 4) is 0 Å². The number of hydrogen-bond donors (Lipinski definition) is 0. The van der Waals surface area contributed by atoms with Crippen molar-refractivity contribution in [2.24, 2.45) is 11.8 Å². The molecule has 0 aromatic heterocycles. The predicted molar refractivity (Wildman–Crippen MR) is 108 cm³/mol. The molecule has 142 valence electrons. The molecule has 0 amide bonds. The molecule has 0 rings (SSSR count). The number of rotatable bonds is 17. The van der Waals surface area contributed by atoms with Gasteiger partial charge in [-0.1, -0.05) is 78.4 Å². The summed E-state index contributed by atoms with van der Waals surface area (Å²) in [7, 11) is 0. The van der Waals surface area contributed by atoms with Gasteiger partial charge in [0.15, 0.2) is 0 Å². The summed E-state index contributed by atoms with van der Waals surface area (Å²) >= 11 is 0. The number of carbonyl (C=O) groups excluding carboxylic acids is 1. The number of carbonyl (C=O) groups is 1. The van der Waals surface area contributed by atoms with Crippen LogP contribution in [-0.4, -0.2) is 5.78 Å². The van der Waals surface area contributed by atoms with Crippen LogP contribution in [0.1, 0.15) is 118 Å². The maximum atomic E-state index is 12.3. The zero-order valence-electron chi connectivity index (χ0n) is 17.2. The van der Waals surface area contributed by atoms with Gasteiger partial charge in [0.05, 0.1) is 0 Å². The summed E-state index contributed by atoms with van der Waals surface area (Å²) in [5, 5.41) is 0. The van der Waals surface area contributed by atoms with Crippen molar-refractivity contribution in [2.45, 2.75) is 118 Å². The van der Waals surface area contributed by atoms with E-state index < -0.39 is 0 Å². The Morgan fingerprint density at radius 3 is 2.04 bits per heavy atom. The molecule has 0 aromatic carbocycles. The third kappa shape index (κ3) is 15.0. The molecule has 1 unspecified atom stereocenters. The van der Waals surface area contributed by atoms with Gasteiger partial charge in [-0.05, 0) is 50.4 Å². The van der Waals surface area contributed by atoms with E-state index in [2.05, 4.69) is 34.3 Å². The lowest BCUT2D eigenvalue weighted by Crippen LogP contribution is -2.11. The van der Waals surface area contributed by atoms with Gasteiger partial charge in [-0.3, -0.25) is 4.79 Å². The molecule has 1 atom stereocenters. The fraction of sp³-hybridized carbons (Fsp3) is 0.870. The SMILES string of the molecule is C=C(CCCCC)CCC(CC(=O)CCCCCCC)CC(C)C. The number of Topliss-reactive ketones (excluding diaryl/α,β-unsaturated/α-hetero) is 1. The fourth-order valence-corrected chi connectivity index (χ4v) is 3.48. The third-order valence-electron chi connectivity index (χ3n) is 4.92. The second kappa shape index (κ2) is 15.9. The van der Waals surface area contributed by atoms with Gasteiger partial charge in [-0.25, -0.2) is 0 Å². The lowest BCUT2D eigenvalue weighted by molar-refractivity contribution is -0.120. The van der Waals surface area contributed by atoms with Crippen LogP contribution in [0.15, 0.2) is 12.2 Å². The molecule has 0 radical (unpaired) electrons. The van der Waals surface area contributed by atoms with Gasteiger partial charge in [0.25, 0.3) is 0 Å². The topological polar surface area (TPSA) is 17.1 Å². The van der Waals surface area contributed by atoms with E-state index in [-0.39, 0.29) is 0 Å². The maximum Gasteiger partial charge on any atom is 0.133 e. The number of allylic oxidation sites excluding steroid dienone is 1. The minimum atomic E-state index is 0.494. The van der Waals surface area contributed by atoms with E-state index in [1.54, 1.807) is 0 Å². The van der Waals surface area contributed by atoms with Crippen LogP contribution < -0.4 is 0 Å². The molecule has 1 heteroatoms. The summed E-state index contributed by atoms with van der Waals surface area (Å²) in [4.78, 5) is 12.3. The van der Waals surface area contributed by atoms with E-state index in [9.17, 15) is 4.79 Å². The van der Waals surface area contributed by atoms with Gasteiger partial charge in [-0.2, -0.15) is 0 Å². The Balaban J connectivity index is 4.06. The van der Waals surface area contributed by atoms with E-state index in [1.807, 2.05) is 0 Å². The molecule has 0 aliphatic rings. The second-order valence-electron chi connectivity index (χ2n) is 8.15. The quantitative estimate of drug-likeness (QED) is 0.195. The standard InChI is InChI=1S/C23H44O/c1-6-8-10-11-13-15-23(24)19-22(18-20(3)4)17-16-21(5)14-12-9-7-2/h20,22H,5-19H2,1-4H3. The Morgan fingerprint density at radius 2 is 1.42 bits per heavy atom. The first-order valence-electron chi connectivity index (χ1n) is 10.7. The van der Waals surface area contributed by atoms with Crippen LogP contribution in [0, 0.1) is 11.8 Å². The first-order chi connectivity index (χ1) is 11.5. The summed E-state index contributed by atoms with van der Waals surface area (Å²) in [5.41, 5.74) is 1.39. The number of ketones is 1. The largest absolute Gasteiger partial charge is 0.300 e. The van der Waals surface area contributed by atoms with Crippen LogP contribution in [0.2, 0.25) is 0 Å². The van der Waals surface area contributed by atoms with Gasteiger partial charge in [0.1, 0.15) is 5.78 Å². The minimum Gasteiger partial charge on any atom is -0.300 e. The molecule has 0 fully saturated rings. The van der Waals surface area contributed by atoms with E-state index in [4.69, 9.17) is 0 Å². The molecule has 0 aromatic rings. The van der Waals surface area contributed by atoms with Gasteiger partial charge in [-0.15, -0.1) is 0 Å². The lowest BCUT2D eigenvalue weighted by atomic mass is 9.86.